The van der Waals surface area contributed by atoms with Crippen LogP contribution in [0.3, 0.4) is 0 Å². The molecule has 140 valence electrons. The molecule has 0 saturated carbocycles. The number of nitrogens with one attached hydrogen (secondary N) is 2. The van der Waals surface area contributed by atoms with Gasteiger partial charge in [0, 0.05) is 41.9 Å². The molecule has 0 bridgehead atoms. The first-order valence-electron chi connectivity index (χ1n) is 8.25. The first kappa shape index (κ1) is 22.3. The lowest BCUT2D eigenvalue weighted by atomic mass is 9.93. The molecule has 0 aliphatic carbocycles. The van der Waals surface area contributed by atoms with Gasteiger partial charge in [-0.05, 0) is 6.42 Å². The summed E-state index contributed by atoms with van der Waals surface area (Å²) in [6.45, 7) is 10.2. The molecule has 5 nitrogen and oxygen atoms in total. The molecular weight excluding hydrogens is 465 g/mol. The Balaban J connectivity index is 0.00000312. The third-order valence-corrected chi connectivity index (χ3v) is 5.58. The molecule has 0 aliphatic heterocycles. The molecule has 2 aromatic rings. The minimum Gasteiger partial charge on any atom is -0.356 e. The highest BCUT2D eigenvalue weighted by Gasteiger charge is 2.17. The monoisotopic (exact) mass is 493 g/mol. The molecule has 25 heavy (non-hydrogen) atoms. The summed E-state index contributed by atoms with van der Waals surface area (Å²) in [5.41, 5.74) is 1.24. The molecule has 0 amide bonds. The maximum absolute atomic E-state index is 4.69. The molecule has 0 unspecified atom stereocenters. The molecule has 2 N–H and O–H groups in total. The van der Waals surface area contributed by atoms with Crippen molar-refractivity contribution < 1.29 is 0 Å². The van der Waals surface area contributed by atoms with Crippen molar-refractivity contribution in [3.63, 3.8) is 0 Å². The topological polar surface area (TPSA) is 62.2 Å². The van der Waals surface area contributed by atoms with E-state index >= 15 is 0 Å². The van der Waals surface area contributed by atoms with Gasteiger partial charge in [-0.15, -0.1) is 46.7 Å². The van der Waals surface area contributed by atoms with Crippen LogP contribution in [-0.4, -0.2) is 29.5 Å². The second kappa shape index (κ2) is 10.4. The predicted molar refractivity (Wildman–Crippen MR) is 120 cm³/mol. The van der Waals surface area contributed by atoms with E-state index in [9.17, 15) is 0 Å². The van der Waals surface area contributed by atoms with Crippen molar-refractivity contribution in [2.75, 3.05) is 13.6 Å². The number of aromatic nitrogens is 2. The fourth-order valence-corrected chi connectivity index (χ4v) is 3.85. The second-order valence-corrected chi connectivity index (χ2v) is 8.70. The highest BCUT2D eigenvalue weighted by molar-refractivity contribution is 14.0. The van der Waals surface area contributed by atoms with E-state index in [0.717, 1.165) is 36.0 Å². The quantitative estimate of drug-likeness (QED) is 0.363. The van der Waals surface area contributed by atoms with Crippen LogP contribution >= 0.6 is 46.7 Å². The fourth-order valence-electron chi connectivity index (χ4n) is 2.03. The Kier molecular flexibility index (Phi) is 9.29. The fraction of sp³-hybridized carbons (Fsp3) is 0.588. The number of aryl methyl sites for hydroxylation is 1. The van der Waals surface area contributed by atoms with Crippen molar-refractivity contribution in [1.29, 1.82) is 0 Å². The average molecular weight is 493 g/mol. The molecule has 0 spiro atoms. The van der Waals surface area contributed by atoms with Crippen LogP contribution in [-0.2, 0) is 24.8 Å². The van der Waals surface area contributed by atoms with Crippen molar-refractivity contribution in [2.24, 2.45) is 4.99 Å². The summed E-state index contributed by atoms with van der Waals surface area (Å²) < 4.78 is 0. The van der Waals surface area contributed by atoms with Gasteiger partial charge in [0.05, 0.1) is 17.2 Å². The van der Waals surface area contributed by atoms with Crippen molar-refractivity contribution in [1.82, 2.24) is 20.6 Å². The molecule has 0 aromatic carbocycles. The number of hydrogen-bond donors (Lipinski definition) is 2. The largest absolute Gasteiger partial charge is 0.356 e. The van der Waals surface area contributed by atoms with Gasteiger partial charge in [-0.3, -0.25) is 4.99 Å². The maximum Gasteiger partial charge on any atom is 0.191 e. The Bertz CT molecular complexity index is 673. The lowest BCUT2D eigenvalue weighted by molar-refractivity contribution is 0.570. The Morgan fingerprint density at radius 1 is 1.24 bits per heavy atom. The number of guanidine groups is 1. The molecule has 2 aromatic heterocycles. The SMILES string of the molecule is CCc1cnc(CCNC(=NC)NCc2nc(C(C)(C)C)cs2)s1.I. The van der Waals surface area contributed by atoms with E-state index in [-0.39, 0.29) is 29.4 Å². The lowest BCUT2D eigenvalue weighted by Gasteiger charge is -2.14. The summed E-state index contributed by atoms with van der Waals surface area (Å²) >= 11 is 3.48. The van der Waals surface area contributed by atoms with Crippen molar-refractivity contribution in [3.05, 3.63) is 32.2 Å². The summed E-state index contributed by atoms with van der Waals surface area (Å²) in [4.78, 5) is 14.7. The normalized spacial score (nSPS) is 12.0. The van der Waals surface area contributed by atoms with E-state index in [1.54, 1.807) is 29.7 Å². The summed E-state index contributed by atoms with van der Waals surface area (Å²) in [6.07, 6.45) is 3.94. The Hall–Kier alpha value is -0.740. The zero-order chi connectivity index (χ0) is 17.6. The minimum absolute atomic E-state index is 0. The van der Waals surface area contributed by atoms with Crippen LogP contribution in [0, 0.1) is 0 Å². The van der Waals surface area contributed by atoms with Crippen LogP contribution in [0.2, 0.25) is 0 Å². The molecule has 0 saturated heterocycles. The zero-order valence-corrected chi connectivity index (χ0v) is 19.5. The summed E-state index contributed by atoms with van der Waals surface area (Å²) in [7, 11) is 1.79. The smallest absolute Gasteiger partial charge is 0.191 e. The molecule has 0 aliphatic rings. The molecule has 2 heterocycles. The number of hydrogen-bond acceptors (Lipinski definition) is 5. The van der Waals surface area contributed by atoms with Gasteiger partial charge < -0.3 is 10.6 Å². The van der Waals surface area contributed by atoms with E-state index in [1.165, 1.54) is 9.88 Å². The highest BCUT2D eigenvalue weighted by Crippen LogP contribution is 2.23. The van der Waals surface area contributed by atoms with Gasteiger partial charge >= 0.3 is 0 Å². The Morgan fingerprint density at radius 2 is 2.00 bits per heavy atom. The van der Waals surface area contributed by atoms with E-state index in [1.807, 2.05) is 6.20 Å². The summed E-state index contributed by atoms with van der Waals surface area (Å²) in [5.74, 6) is 0.801. The van der Waals surface area contributed by atoms with Crippen LogP contribution in [0.1, 0.15) is 48.3 Å². The highest BCUT2D eigenvalue weighted by atomic mass is 127. The van der Waals surface area contributed by atoms with Crippen LogP contribution in [0.15, 0.2) is 16.6 Å². The molecule has 2 rings (SSSR count). The van der Waals surface area contributed by atoms with Crippen molar-refractivity contribution in [3.8, 4) is 0 Å². The number of halogens is 1. The molecule has 0 fully saturated rings. The van der Waals surface area contributed by atoms with Crippen molar-refractivity contribution in [2.45, 2.75) is 52.5 Å². The van der Waals surface area contributed by atoms with E-state index < -0.39 is 0 Å². The number of nitrogens with zero attached hydrogens (tertiary/aromatic N) is 3. The third kappa shape index (κ3) is 7.18. The maximum atomic E-state index is 4.69. The van der Waals surface area contributed by atoms with Gasteiger partial charge in [0.25, 0.3) is 0 Å². The second-order valence-electron chi connectivity index (χ2n) is 6.55. The molecule has 8 heteroatoms. The first-order chi connectivity index (χ1) is 11.4. The van der Waals surface area contributed by atoms with E-state index in [2.05, 4.69) is 53.7 Å². The number of thiazole rings is 2. The van der Waals surface area contributed by atoms with Gasteiger partial charge in [0.2, 0.25) is 0 Å². The lowest BCUT2D eigenvalue weighted by Crippen LogP contribution is -2.37. The van der Waals surface area contributed by atoms with Crippen LogP contribution in [0.4, 0.5) is 0 Å². The molecule has 0 atom stereocenters. The summed E-state index contributed by atoms with van der Waals surface area (Å²) in [6, 6.07) is 0. The standard InChI is InChI=1S/C17H27N5S2.HI/c1-6-12-9-20-14(24-12)7-8-19-16(18-5)21-10-15-22-13(11-23-15)17(2,3)4;/h9,11H,6-8,10H2,1-5H3,(H2,18,19,21);1H. The van der Waals surface area contributed by atoms with Gasteiger partial charge in [0.15, 0.2) is 5.96 Å². The zero-order valence-electron chi connectivity index (χ0n) is 15.5. The average Bonchev–Trinajstić information content (AvgIpc) is 3.19. The van der Waals surface area contributed by atoms with Gasteiger partial charge in [-0.25, -0.2) is 9.97 Å². The van der Waals surface area contributed by atoms with Crippen LogP contribution < -0.4 is 10.6 Å². The van der Waals surface area contributed by atoms with Crippen molar-refractivity contribution >= 4 is 52.6 Å². The van der Waals surface area contributed by atoms with Gasteiger partial charge in [0.1, 0.15) is 5.01 Å². The van der Waals surface area contributed by atoms with E-state index in [0.29, 0.717) is 6.54 Å². The van der Waals surface area contributed by atoms with E-state index in [4.69, 9.17) is 4.98 Å². The van der Waals surface area contributed by atoms with Crippen LogP contribution in [0.5, 0.6) is 0 Å². The molecule has 0 radical (unpaired) electrons. The Labute approximate surface area is 175 Å². The van der Waals surface area contributed by atoms with Gasteiger partial charge in [-0.1, -0.05) is 27.7 Å². The number of aliphatic imine (C=N–C) groups is 1. The minimum atomic E-state index is 0. The van der Waals surface area contributed by atoms with Crippen LogP contribution in [0.25, 0.3) is 0 Å². The van der Waals surface area contributed by atoms with Gasteiger partial charge in [-0.2, -0.15) is 0 Å². The number of rotatable bonds is 6. The third-order valence-electron chi connectivity index (χ3n) is 3.53. The predicted octanol–water partition coefficient (Wildman–Crippen LogP) is 3.99. The summed E-state index contributed by atoms with van der Waals surface area (Å²) in [5, 5.41) is 11.0. The first-order valence-corrected chi connectivity index (χ1v) is 9.95. The Morgan fingerprint density at radius 3 is 2.56 bits per heavy atom. The molecular formula is C17H28IN5S2.